The molecule has 0 radical (unpaired) electrons. The molecule has 3 N–H and O–H groups in total. The molecule has 1 atom stereocenters. The minimum atomic E-state index is -4.16. The minimum Gasteiger partial charge on any atom is -0.408 e. The number of amides is 2. The molecule has 36 heavy (non-hydrogen) atoms. The Bertz CT molecular complexity index is 1570. The number of aromatic nitrogens is 1. The van der Waals surface area contributed by atoms with Gasteiger partial charge in [0, 0.05) is 31.4 Å². The van der Waals surface area contributed by atoms with Crippen LogP contribution in [0.5, 0.6) is 0 Å². The van der Waals surface area contributed by atoms with Crippen LogP contribution >= 0.6 is 0 Å². The molecule has 0 spiro atoms. The monoisotopic (exact) mass is 508 g/mol. The molecule has 0 aliphatic rings. The number of aryl methyl sites for hydroxylation is 1. The number of carbonyl (C=O) groups excluding carboxylic acids is 2. The fraction of sp³-hybridized carbons (Fsp3) is 0.160. The molecule has 186 valence electrons. The summed E-state index contributed by atoms with van der Waals surface area (Å²) in [7, 11) is -2.64. The lowest BCUT2D eigenvalue weighted by Crippen LogP contribution is -2.45. The van der Waals surface area contributed by atoms with Crippen LogP contribution in [0.15, 0.2) is 86.9 Å². The van der Waals surface area contributed by atoms with Gasteiger partial charge in [0.25, 0.3) is 0 Å². The van der Waals surface area contributed by atoms with E-state index in [0.717, 1.165) is 5.56 Å². The Kier molecular flexibility index (Phi) is 7.04. The van der Waals surface area contributed by atoms with Crippen molar-refractivity contribution in [3.8, 4) is 0 Å². The number of oxazole rings is 1. The molecule has 2 amide bonds. The zero-order valence-corrected chi connectivity index (χ0v) is 20.3. The van der Waals surface area contributed by atoms with Gasteiger partial charge in [-0.15, -0.1) is 0 Å². The molecule has 11 heteroatoms. The molecule has 1 unspecified atom stereocenters. The minimum absolute atomic E-state index is 0.0958. The number of benzene rings is 3. The maximum absolute atomic E-state index is 13.2. The van der Waals surface area contributed by atoms with E-state index in [1.807, 2.05) is 6.07 Å². The number of nitrogens with zero attached hydrogens (tertiary/aromatic N) is 1. The predicted molar refractivity (Wildman–Crippen MR) is 135 cm³/mol. The van der Waals surface area contributed by atoms with Crippen LogP contribution in [0.1, 0.15) is 12.5 Å². The zero-order valence-electron chi connectivity index (χ0n) is 19.5. The van der Waals surface area contributed by atoms with Crippen LogP contribution in [0, 0.1) is 0 Å². The summed E-state index contributed by atoms with van der Waals surface area (Å²) < 4.78 is 35.3. The summed E-state index contributed by atoms with van der Waals surface area (Å²) in [6, 6.07) is 18.4. The van der Waals surface area contributed by atoms with Crippen LogP contribution in [-0.2, 0) is 33.1 Å². The van der Waals surface area contributed by atoms with Gasteiger partial charge in [0.15, 0.2) is 5.58 Å². The molecule has 4 rings (SSSR count). The summed E-state index contributed by atoms with van der Waals surface area (Å²) in [6.45, 7) is 1.39. The van der Waals surface area contributed by atoms with Crippen LogP contribution in [-0.4, -0.2) is 30.8 Å². The van der Waals surface area contributed by atoms with Crippen LogP contribution in [0.2, 0.25) is 0 Å². The van der Waals surface area contributed by atoms with E-state index in [-0.39, 0.29) is 22.8 Å². The maximum Gasteiger partial charge on any atom is 0.419 e. The van der Waals surface area contributed by atoms with Crippen molar-refractivity contribution in [1.29, 1.82) is 0 Å². The summed E-state index contributed by atoms with van der Waals surface area (Å²) in [5.41, 5.74) is 2.31. The number of sulfonamides is 1. The van der Waals surface area contributed by atoms with E-state index in [0.29, 0.717) is 16.9 Å². The van der Waals surface area contributed by atoms with Crippen molar-refractivity contribution in [3.05, 3.63) is 88.9 Å². The van der Waals surface area contributed by atoms with Gasteiger partial charge in [-0.05, 0) is 48.4 Å². The van der Waals surface area contributed by atoms with Crippen molar-refractivity contribution in [2.45, 2.75) is 24.3 Å². The van der Waals surface area contributed by atoms with Gasteiger partial charge in [0.1, 0.15) is 6.04 Å². The lowest BCUT2D eigenvalue weighted by molar-refractivity contribution is -0.117. The van der Waals surface area contributed by atoms with E-state index in [1.165, 1.54) is 36.7 Å². The molecule has 10 nitrogen and oxygen atoms in total. The number of nitrogens with one attached hydrogen (secondary N) is 3. The van der Waals surface area contributed by atoms with E-state index < -0.39 is 27.7 Å². The lowest BCUT2D eigenvalue weighted by Gasteiger charge is -2.19. The smallest absolute Gasteiger partial charge is 0.408 e. The number of anilines is 2. The highest BCUT2D eigenvalue weighted by atomic mass is 32.2. The molecule has 3 aromatic carbocycles. The van der Waals surface area contributed by atoms with Gasteiger partial charge in [-0.1, -0.05) is 30.3 Å². The Hall–Kier alpha value is -4.22. The Morgan fingerprint density at radius 2 is 1.58 bits per heavy atom. The van der Waals surface area contributed by atoms with Gasteiger partial charge in [-0.2, -0.15) is 4.72 Å². The topological polar surface area (TPSA) is 140 Å². The third kappa shape index (κ3) is 5.70. The van der Waals surface area contributed by atoms with Crippen molar-refractivity contribution in [1.82, 2.24) is 9.29 Å². The Balaban J connectivity index is 1.59. The van der Waals surface area contributed by atoms with Crippen molar-refractivity contribution in [2.75, 3.05) is 10.6 Å². The molecule has 0 aliphatic heterocycles. The molecule has 0 fully saturated rings. The average molecular weight is 509 g/mol. The van der Waals surface area contributed by atoms with Crippen molar-refractivity contribution in [2.24, 2.45) is 7.05 Å². The van der Waals surface area contributed by atoms with E-state index in [9.17, 15) is 22.8 Å². The molecule has 0 saturated carbocycles. The number of hydrogen-bond donors (Lipinski definition) is 3. The van der Waals surface area contributed by atoms with Crippen molar-refractivity contribution in [3.63, 3.8) is 0 Å². The highest BCUT2D eigenvalue weighted by molar-refractivity contribution is 7.89. The highest BCUT2D eigenvalue weighted by Gasteiger charge is 2.27. The fourth-order valence-corrected chi connectivity index (χ4v) is 4.85. The number of carbonyl (C=O) groups is 2. The molecule has 1 aromatic heterocycles. The first kappa shape index (κ1) is 24.9. The average Bonchev–Trinajstić information content (AvgIpc) is 3.13. The molecular weight excluding hydrogens is 484 g/mol. The molecule has 1 heterocycles. The summed E-state index contributed by atoms with van der Waals surface area (Å²) >= 11 is 0. The molecule has 0 saturated heterocycles. The van der Waals surface area contributed by atoms with Gasteiger partial charge < -0.3 is 15.1 Å². The van der Waals surface area contributed by atoms with Gasteiger partial charge in [0.05, 0.1) is 10.4 Å². The standard InChI is InChI=1S/C25H24N4O6S/c1-16(30)26-18-8-10-19(11-9-18)27-24(31)21(14-17-6-4-3-5-7-17)28-36(33,34)20-12-13-22-23(15-20)35-25(32)29(22)2/h3-13,15,21,28H,14H2,1-2H3,(H,26,30)(H,27,31). The zero-order chi connectivity index (χ0) is 25.9. The van der Waals surface area contributed by atoms with Crippen LogP contribution < -0.4 is 21.1 Å². The van der Waals surface area contributed by atoms with Gasteiger partial charge >= 0.3 is 5.76 Å². The second kappa shape index (κ2) is 10.2. The first-order valence-electron chi connectivity index (χ1n) is 11.0. The Morgan fingerprint density at radius 1 is 0.944 bits per heavy atom. The van der Waals surface area contributed by atoms with Crippen molar-refractivity contribution < 1.29 is 22.4 Å². The SMILES string of the molecule is CC(=O)Nc1ccc(NC(=O)C(Cc2ccccc2)NS(=O)(=O)c2ccc3c(c2)oc(=O)n3C)cc1. The summed E-state index contributed by atoms with van der Waals surface area (Å²) in [5.74, 6) is -1.41. The van der Waals surface area contributed by atoms with E-state index in [1.54, 1.807) is 48.5 Å². The number of rotatable bonds is 8. The fourth-order valence-electron chi connectivity index (χ4n) is 3.64. The molecule has 0 aliphatic carbocycles. The summed E-state index contributed by atoms with van der Waals surface area (Å²) in [5, 5.41) is 5.35. The quantitative estimate of drug-likeness (QED) is 0.334. The van der Waals surface area contributed by atoms with Gasteiger partial charge in [-0.3, -0.25) is 14.2 Å². The van der Waals surface area contributed by atoms with Gasteiger partial charge in [-0.25, -0.2) is 13.2 Å². The largest absolute Gasteiger partial charge is 0.419 e. The van der Waals surface area contributed by atoms with Gasteiger partial charge in [0.2, 0.25) is 21.8 Å². The Morgan fingerprint density at radius 3 is 2.22 bits per heavy atom. The van der Waals surface area contributed by atoms with Crippen LogP contribution in [0.3, 0.4) is 0 Å². The third-order valence-corrected chi connectivity index (χ3v) is 6.91. The predicted octanol–water partition coefficient (Wildman–Crippen LogP) is 2.62. The van der Waals surface area contributed by atoms with Crippen molar-refractivity contribution >= 4 is 44.3 Å². The normalized spacial score (nSPS) is 12.3. The van der Waals surface area contributed by atoms with E-state index in [4.69, 9.17) is 4.42 Å². The molecule has 4 aromatic rings. The van der Waals surface area contributed by atoms with Crippen LogP contribution in [0.4, 0.5) is 11.4 Å². The second-order valence-corrected chi connectivity index (χ2v) is 9.88. The van der Waals surface area contributed by atoms with Crippen LogP contribution in [0.25, 0.3) is 11.1 Å². The van der Waals surface area contributed by atoms with E-state index in [2.05, 4.69) is 15.4 Å². The van der Waals surface area contributed by atoms with E-state index >= 15 is 0 Å². The third-order valence-electron chi connectivity index (χ3n) is 5.44. The number of hydrogen-bond acceptors (Lipinski definition) is 6. The molecular formula is C25H24N4O6S. The maximum atomic E-state index is 13.2. The summed E-state index contributed by atoms with van der Waals surface area (Å²) in [6.07, 6.45) is 0.0958. The highest BCUT2D eigenvalue weighted by Crippen LogP contribution is 2.20. The first-order chi connectivity index (χ1) is 17.1. The molecule has 0 bridgehead atoms. The first-order valence-corrected chi connectivity index (χ1v) is 12.4. The second-order valence-electron chi connectivity index (χ2n) is 8.17. The number of fused-ring (bicyclic) bond motifs is 1. The summed E-state index contributed by atoms with van der Waals surface area (Å²) in [4.78, 5) is 36.0. The lowest BCUT2D eigenvalue weighted by atomic mass is 10.1. The Labute approximate surface area is 207 Å².